The number of anilines is 1. The highest BCUT2D eigenvalue weighted by atomic mass is 16.5. The molecule has 1 aromatic carbocycles. The highest BCUT2D eigenvalue weighted by Crippen LogP contribution is 2.30. The summed E-state index contributed by atoms with van der Waals surface area (Å²) in [5.74, 6) is 1.88. The molecule has 0 radical (unpaired) electrons. The number of benzene rings is 1. The van der Waals surface area contributed by atoms with Crippen LogP contribution in [0.2, 0.25) is 0 Å². The molecule has 0 amide bonds. The van der Waals surface area contributed by atoms with Gasteiger partial charge in [-0.15, -0.1) is 0 Å². The molecule has 0 spiro atoms. The zero-order valence-electron chi connectivity index (χ0n) is 11.8. The number of likely N-dealkylation sites (N-methyl/N-ethyl adjacent to an activating group) is 2. The lowest BCUT2D eigenvalue weighted by molar-refractivity contribution is 0.420. The van der Waals surface area contributed by atoms with E-state index in [-0.39, 0.29) is 0 Å². The largest absolute Gasteiger partial charge is 0.496 e. The second-order valence-electron chi connectivity index (χ2n) is 4.47. The lowest BCUT2D eigenvalue weighted by atomic mass is 10.1. The van der Waals surface area contributed by atoms with Crippen LogP contribution in [0, 0.1) is 0 Å². The second-order valence-corrected chi connectivity index (χ2v) is 4.47. The molecule has 4 nitrogen and oxygen atoms in total. The molecule has 0 saturated carbocycles. The molecular formula is C15H21N3O. The van der Waals surface area contributed by atoms with Crippen molar-refractivity contribution in [3.8, 4) is 5.75 Å². The van der Waals surface area contributed by atoms with E-state index in [9.17, 15) is 0 Å². The third-order valence-electron chi connectivity index (χ3n) is 3.20. The molecule has 1 N–H and O–H groups in total. The first-order chi connectivity index (χ1) is 9.27. The molecular weight excluding hydrogens is 238 g/mol. The van der Waals surface area contributed by atoms with Crippen molar-refractivity contribution in [2.75, 3.05) is 38.7 Å². The molecule has 0 fully saturated rings. The molecule has 2 aromatic rings. The van der Waals surface area contributed by atoms with E-state index in [1.54, 1.807) is 7.11 Å². The van der Waals surface area contributed by atoms with E-state index < -0.39 is 0 Å². The Balaban J connectivity index is 2.33. The summed E-state index contributed by atoms with van der Waals surface area (Å²) in [5.41, 5.74) is 0. The number of hydrogen-bond acceptors (Lipinski definition) is 4. The maximum absolute atomic E-state index is 5.40. The van der Waals surface area contributed by atoms with E-state index in [4.69, 9.17) is 4.74 Å². The summed E-state index contributed by atoms with van der Waals surface area (Å²) in [5, 5.41) is 5.55. The van der Waals surface area contributed by atoms with Gasteiger partial charge in [-0.1, -0.05) is 19.1 Å². The van der Waals surface area contributed by atoms with Gasteiger partial charge in [0.15, 0.2) is 0 Å². The van der Waals surface area contributed by atoms with Crippen molar-refractivity contribution in [2.24, 2.45) is 0 Å². The number of pyridine rings is 1. The Morgan fingerprint density at radius 2 is 2.11 bits per heavy atom. The van der Waals surface area contributed by atoms with Crippen molar-refractivity contribution in [3.05, 3.63) is 30.5 Å². The fraction of sp³-hybridized carbons (Fsp3) is 0.400. The molecule has 0 aliphatic heterocycles. The summed E-state index contributed by atoms with van der Waals surface area (Å²) in [6.45, 7) is 4.98. The maximum Gasteiger partial charge on any atom is 0.136 e. The maximum atomic E-state index is 5.40. The summed E-state index contributed by atoms with van der Waals surface area (Å²) in [7, 11) is 3.77. The standard InChI is InChI=1S/C15H21N3O/c1-4-16-10-11-18(2)15-13-6-5-7-14(19-3)12(13)8-9-17-15/h5-9,16H,4,10-11H2,1-3H3. The molecule has 0 aliphatic rings. The van der Waals surface area contributed by atoms with E-state index >= 15 is 0 Å². The first kappa shape index (κ1) is 13.6. The molecule has 0 bridgehead atoms. The van der Waals surface area contributed by atoms with Gasteiger partial charge in [-0.25, -0.2) is 4.98 Å². The van der Waals surface area contributed by atoms with Gasteiger partial charge in [0.2, 0.25) is 0 Å². The minimum atomic E-state index is 0.890. The van der Waals surface area contributed by atoms with E-state index in [1.807, 2.05) is 24.4 Å². The van der Waals surface area contributed by atoms with Gasteiger partial charge < -0.3 is 15.0 Å². The molecule has 102 valence electrons. The van der Waals surface area contributed by atoms with Gasteiger partial charge in [-0.05, 0) is 18.7 Å². The fourth-order valence-electron chi connectivity index (χ4n) is 2.17. The van der Waals surface area contributed by atoms with Crippen LogP contribution in [0.3, 0.4) is 0 Å². The molecule has 1 aromatic heterocycles. The predicted molar refractivity (Wildman–Crippen MR) is 80.1 cm³/mol. The topological polar surface area (TPSA) is 37.4 Å². The highest BCUT2D eigenvalue weighted by Gasteiger charge is 2.09. The minimum Gasteiger partial charge on any atom is -0.496 e. The van der Waals surface area contributed by atoms with Crippen LogP contribution in [-0.4, -0.2) is 38.8 Å². The summed E-state index contributed by atoms with van der Waals surface area (Å²) in [4.78, 5) is 6.67. The molecule has 0 saturated heterocycles. The van der Waals surface area contributed by atoms with E-state index in [2.05, 4.69) is 35.2 Å². The summed E-state index contributed by atoms with van der Waals surface area (Å²) in [6.07, 6.45) is 1.84. The van der Waals surface area contributed by atoms with Crippen LogP contribution >= 0.6 is 0 Å². The number of nitrogens with zero attached hydrogens (tertiary/aromatic N) is 2. The lowest BCUT2D eigenvalue weighted by Crippen LogP contribution is -2.29. The van der Waals surface area contributed by atoms with Crippen molar-refractivity contribution in [3.63, 3.8) is 0 Å². The van der Waals surface area contributed by atoms with Crippen LogP contribution in [0.4, 0.5) is 5.82 Å². The average Bonchev–Trinajstić information content (AvgIpc) is 2.46. The van der Waals surface area contributed by atoms with Crippen molar-refractivity contribution in [1.82, 2.24) is 10.3 Å². The summed E-state index contributed by atoms with van der Waals surface area (Å²) in [6, 6.07) is 8.06. The number of methoxy groups -OCH3 is 1. The Morgan fingerprint density at radius 3 is 2.84 bits per heavy atom. The van der Waals surface area contributed by atoms with Gasteiger partial charge in [0.05, 0.1) is 7.11 Å². The fourth-order valence-corrected chi connectivity index (χ4v) is 2.17. The number of rotatable bonds is 6. The molecule has 4 heteroatoms. The number of aromatic nitrogens is 1. The predicted octanol–water partition coefficient (Wildman–Crippen LogP) is 2.29. The van der Waals surface area contributed by atoms with Crippen LogP contribution in [0.15, 0.2) is 30.5 Å². The second kappa shape index (κ2) is 6.38. The molecule has 2 rings (SSSR count). The highest BCUT2D eigenvalue weighted by molar-refractivity contribution is 5.96. The average molecular weight is 259 g/mol. The van der Waals surface area contributed by atoms with E-state index in [0.29, 0.717) is 0 Å². The molecule has 19 heavy (non-hydrogen) atoms. The monoisotopic (exact) mass is 259 g/mol. The van der Waals surface area contributed by atoms with Crippen LogP contribution in [0.1, 0.15) is 6.92 Å². The Morgan fingerprint density at radius 1 is 1.26 bits per heavy atom. The van der Waals surface area contributed by atoms with Gasteiger partial charge in [0.25, 0.3) is 0 Å². The van der Waals surface area contributed by atoms with Gasteiger partial charge in [-0.3, -0.25) is 0 Å². The number of nitrogens with one attached hydrogen (secondary N) is 1. The van der Waals surface area contributed by atoms with Crippen molar-refractivity contribution in [2.45, 2.75) is 6.92 Å². The lowest BCUT2D eigenvalue weighted by Gasteiger charge is -2.20. The van der Waals surface area contributed by atoms with Crippen molar-refractivity contribution in [1.29, 1.82) is 0 Å². The molecule has 0 unspecified atom stereocenters. The van der Waals surface area contributed by atoms with Crippen LogP contribution in [0.5, 0.6) is 5.75 Å². The molecule has 0 atom stereocenters. The first-order valence-corrected chi connectivity index (χ1v) is 6.61. The molecule has 0 aliphatic carbocycles. The first-order valence-electron chi connectivity index (χ1n) is 6.61. The number of hydrogen-bond donors (Lipinski definition) is 1. The summed E-state index contributed by atoms with van der Waals surface area (Å²) >= 11 is 0. The smallest absolute Gasteiger partial charge is 0.136 e. The van der Waals surface area contributed by atoms with Crippen LogP contribution in [0.25, 0.3) is 10.8 Å². The third-order valence-corrected chi connectivity index (χ3v) is 3.20. The normalized spacial score (nSPS) is 10.7. The van der Waals surface area contributed by atoms with Gasteiger partial charge in [0.1, 0.15) is 11.6 Å². The summed E-state index contributed by atoms with van der Waals surface area (Å²) < 4.78 is 5.40. The van der Waals surface area contributed by atoms with Crippen molar-refractivity contribution >= 4 is 16.6 Å². The Hall–Kier alpha value is -1.81. The molecule has 1 heterocycles. The zero-order valence-corrected chi connectivity index (χ0v) is 11.8. The quantitative estimate of drug-likeness (QED) is 0.808. The Kier molecular flexibility index (Phi) is 4.58. The number of fused-ring (bicyclic) bond motifs is 1. The van der Waals surface area contributed by atoms with E-state index in [0.717, 1.165) is 42.0 Å². The Labute approximate surface area is 114 Å². The zero-order chi connectivity index (χ0) is 13.7. The van der Waals surface area contributed by atoms with E-state index in [1.165, 1.54) is 0 Å². The van der Waals surface area contributed by atoms with Crippen molar-refractivity contribution < 1.29 is 4.74 Å². The van der Waals surface area contributed by atoms with Gasteiger partial charge in [0, 0.05) is 37.1 Å². The SMILES string of the molecule is CCNCCN(C)c1nccc2c(OC)cccc12. The van der Waals surface area contributed by atoms with Crippen LogP contribution < -0.4 is 15.0 Å². The third kappa shape index (κ3) is 2.96. The van der Waals surface area contributed by atoms with Crippen LogP contribution in [-0.2, 0) is 0 Å². The Bertz CT molecular complexity index is 542. The minimum absolute atomic E-state index is 0.890. The van der Waals surface area contributed by atoms with Gasteiger partial charge >= 0.3 is 0 Å². The van der Waals surface area contributed by atoms with Gasteiger partial charge in [-0.2, -0.15) is 0 Å². The number of ether oxygens (including phenoxy) is 1.